The Morgan fingerprint density at radius 3 is 2.75 bits per heavy atom. The fourth-order valence-corrected chi connectivity index (χ4v) is 3.04. The fraction of sp³-hybridized carbons (Fsp3) is 1.00. The maximum absolute atomic E-state index is 11.4. The van der Waals surface area contributed by atoms with Gasteiger partial charge in [-0.15, -0.1) is 0 Å². The second-order valence-electron chi connectivity index (χ2n) is 4.31. The van der Waals surface area contributed by atoms with Crippen LogP contribution in [0.2, 0.25) is 0 Å². The summed E-state index contributed by atoms with van der Waals surface area (Å²) in [5.41, 5.74) is 0. The number of hydrogen-bond donors (Lipinski definition) is 1. The largest absolute Gasteiger partial charge is 0.381 e. The van der Waals surface area contributed by atoms with Crippen molar-refractivity contribution in [1.82, 2.24) is 5.32 Å². The summed E-state index contributed by atoms with van der Waals surface area (Å²) in [6, 6.07) is 0.422. The molecular formula is C11H23NO3S. The smallest absolute Gasteiger partial charge is 0.150 e. The summed E-state index contributed by atoms with van der Waals surface area (Å²) in [4.78, 5) is 0. The first-order valence-corrected chi connectivity index (χ1v) is 7.92. The average Bonchev–Trinajstić information content (AvgIpc) is 2.28. The number of hydrogen-bond acceptors (Lipinski definition) is 4. The zero-order valence-corrected chi connectivity index (χ0v) is 11.1. The Morgan fingerprint density at radius 1 is 1.38 bits per heavy atom. The molecule has 1 saturated heterocycles. The first-order valence-electron chi connectivity index (χ1n) is 6.10. The SMILES string of the molecule is CCNC1CCOCC1CCS(=O)(=O)CC. The van der Waals surface area contributed by atoms with Crippen molar-refractivity contribution in [3.05, 3.63) is 0 Å². The van der Waals surface area contributed by atoms with Crippen LogP contribution in [0.5, 0.6) is 0 Å². The number of rotatable bonds is 6. The highest BCUT2D eigenvalue weighted by Gasteiger charge is 2.26. The maximum Gasteiger partial charge on any atom is 0.150 e. The lowest BCUT2D eigenvalue weighted by molar-refractivity contribution is 0.0314. The first kappa shape index (κ1) is 13.9. The van der Waals surface area contributed by atoms with E-state index in [-0.39, 0.29) is 5.75 Å². The van der Waals surface area contributed by atoms with Crippen LogP contribution in [-0.2, 0) is 14.6 Å². The molecule has 0 aromatic carbocycles. The standard InChI is InChI=1S/C11H23NO3S/c1-3-12-11-5-7-15-9-10(11)6-8-16(13,14)4-2/h10-12H,3-9H2,1-2H3. The molecule has 2 unspecified atom stereocenters. The van der Waals surface area contributed by atoms with Crippen LogP contribution in [0.3, 0.4) is 0 Å². The fourth-order valence-electron chi connectivity index (χ4n) is 2.09. The van der Waals surface area contributed by atoms with Crippen molar-refractivity contribution >= 4 is 9.84 Å². The Balaban J connectivity index is 2.43. The lowest BCUT2D eigenvalue weighted by Crippen LogP contribution is -2.43. The van der Waals surface area contributed by atoms with Crippen LogP contribution in [0.25, 0.3) is 0 Å². The molecule has 1 fully saturated rings. The van der Waals surface area contributed by atoms with Crippen molar-refractivity contribution in [3.63, 3.8) is 0 Å². The minimum atomic E-state index is -2.84. The molecule has 0 saturated carbocycles. The second kappa shape index (κ2) is 6.57. The summed E-state index contributed by atoms with van der Waals surface area (Å²) in [6.45, 7) is 6.19. The average molecular weight is 249 g/mol. The van der Waals surface area contributed by atoms with E-state index >= 15 is 0 Å². The van der Waals surface area contributed by atoms with Crippen molar-refractivity contribution < 1.29 is 13.2 Å². The van der Waals surface area contributed by atoms with E-state index in [9.17, 15) is 8.42 Å². The van der Waals surface area contributed by atoms with Crippen molar-refractivity contribution in [1.29, 1.82) is 0 Å². The highest BCUT2D eigenvalue weighted by molar-refractivity contribution is 7.91. The molecule has 1 aliphatic heterocycles. The van der Waals surface area contributed by atoms with E-state index in [1.165, 1.54) is 0 Å². The van der Waals surface area contributed by atoms with E-state index < -0.39 is 9.84 Å². The zero-order valence-electron chi connectivity index (χ0n) is 10.2. The molecule has 0 bridgehead atoms. The van der Waals surface area contributed by atoms with Gasteiger partial charge in [-0.1, -0.05) is 13.8 Å². The summed E-state index contributed by atoms with van der Waals surface area (Å²) < 4.78 is 28.3. The molecule has 0 aliphatic carbocycles. The van der Waals surface area contributed by atoms with Crippen molar-refractivity contribution in [2.75, 3.05) is 31.3 Å². The minimum absolute atomic E-state index is 0.243. The van der Waals surface area contributed by atoms with Crippen molar-refractivity contribution in [2.24, 2.45) is 5.92 Å². The van der Waals surface area contributed by atoms with Crippen LogP contribution in [-0.4, -0.2) is 45.7 Å². The van der Waals surface area contributed by atoms with Crippen LogP contribution in [0, 0.1) is 5.92 Å². The summed E-state index contributed by atoms with van der Waals surface area (Å²) in [5.74, 6) is 0.876. The number of ether oxygens (including phenoxy) is 1. The molecule has 0 spiro atoms. The van der Waals surface area contributed by atoms with Gasteiger partial charge in [0.1, 0.15) is 9.84 Å². The molecule has 4 nitrogen and oxygen atoms in total. The van der Waals surface area contributed by atoms with E-state index in [1.807, 2.05) is 0 Å². The van der Waals surface area contributed by atoms with Gasteiger partial charge >= 0.3 is 0 Å². The molecule has 1 N–H and O–H groups in total. The van der Waals surface area contributed by atoms with E-state index in [0.717, 1.165) is 19.6 Å². The number of nitrogens with one attached hydrogen (secondary N) is 1. The van der Waals surface area contributed by atoms with Crippen LogP contribution >= 0.6 is 0 Å². The van der Waals surface area contributed by atoms with Crippen LogP contribution < -0.4 is 5.32 Å². The Morgan fingerprint density at radius 2 is 2.12 bits per heavy atom. The molecule has 96 valence electrons. The lowest BCUT2D eigenvalue weighted by Gasteiger charge is -2.32. The van der Waals surface area contributed by atoms with E-state index in [4.69, 9.17) is 4.74 Å². The molecule has 0 radical (unpaired) electrons. The third kappa shape index (κ3) is 4.39. The normalized spacial score (nSPS) is 26.9. The summed E-state index contributed by atoms with van der Waals surface area (Å²) in [6.07, 6.45) is 1.71. The third-order valence-corrected chi connectivity index (χ3v) is 4.92. The zero-order chi connectivity index (χ0) is 12.0. The molecule has 2 atom stereocenters. The lowest BCUT2D eigenvalue weighted by atomic mass is 9.93. The molecule has 1 aliphatic rings. The van der Waals surface area contributed by atoms with Gasteiger partial charge in [-0.2, -0.15) is 0 Å². The first-order chi connectivity index (χ1) is 7.59. The molecule has 1 heterocycles. The molecule has 0 aromatic heterocycles. The third-order valence-electron chi connectivity index (χ3n) is 3.18. The van der Waals surface area contributed by atoms with Gasteiger partial charge in [0.05, 0.1) is 12.4 Å². The Bertz CT molecular complexity index is 288. The molecular weight excluding hydrogens is 226 g/mol. The van der Waals surface area contributed by atoms with Gasteiger partial charge in [-0.25, -0.2) is 8.42 Å². The minimum Gasteiger partial charge on any atom is -0.381 e. The Kier molecular flexibility index (Phi) is 5.72. The predicted molar refractivity (Wildman–Crippen MR) is 65.3 cm³/mol. The molecule has 5 heteroatoms. The molecule has 16 heavy (non-hydrogen) atoms. The quantitative estimate of drug-likeness (QED) is 0.757. The van der Waals surface area contributed by atoms with Gasteiger partial charge in [-0.3, -0.25) is 0 Å². The van der Waals surface area contributed by atoms with Crippen LogP contribution in [0.15, 0.2) is 0 Å². The second-order valence-corrected chi connectivity index (χ2v) is 6.79. The van der Waals surface area contributed by atoms with Crippen LogP contribution in [0.1, 0.15) is 26.7 Å². The van der Waals surface area contributed by atoms with E-state index in [1.54, 1.807) is 6.92 Å². The van der Waals surface area contributed by atoms with Crippen molar-refractivity contribution in [3.8, 4) is 0 Å². The molecule has 1 rings (SSSR count). The Labute approximate surface area is 98.7 Å². The topological polar surface area (TPSA) is 55.4 Å². The van der Waals surface area contributed by atoms with E-state index in [2.05, 4.69) is 12.2 Å². The predicted octanol–water partition coefficient (Wildman–Crippen LogP) is 0.826. The van der Waals surface area contributed by atoms with Gasteiger partial charge in [0.25, 0.3) is 0 Å². The molecule has 0 amide bonds. The summed E-state index contributed by atoms with van der Waals surface area (Å²) >= 11 is 0. The van der Waals surface area contributed by atoms with Gasteiger partial charge < -0.3 is 10.1 Å². The monoisotopic (exact) mass is 249 g/mol. The summed E-state index contributed by atoms with van der Waals surface area (Å²) in [7, 11) is -2.84. The van der Waals surface area contributed by atoms with Gasteiger partial charge in [-0.05, 0) is 25.3 Å². The van der Waals surface area contributed by atoms with Crippen LogP contribution in [0.4, 0.5) is 0 Å². The van der Waals surface area contributed by atoms with Crippen molar-refractivity contribution in [2.45, 2.75) is 32.7 Å². The molecule has 0 aromatic rings. The number of sulfone groups is 1. The van der Waals surface area contributed by atoms with E-state index in [0.29, 0.717) is 30.7 Å². The highest BCUT2D eigenvalue weighted by Crippen LogP contribution is 2.19. The summed E-state index contributed by atoms with van der Waals surface area (Å²) in [5, 5.41) is 3.41. The van der Waals surface area contributed by atoms with Gasteiger partial charge in [0.2, 0.25) is 0 Å². The maximum atomic E-state index is 11.4. The Hall–Kier alpha value is -0.130. The highest BCUT2D eigenvalue weighted by atomic mass is 32.2. The van der Waals surface area contributed by atoms with Gasteiger partial charge in [0, 0.05) is 18.4 Å². The van der Waals surface area contributed by atoms with Gasteiger partial charge in [0.15, 0.2) is 0 Å².